The molecule has 2 aromatic rings. The van der Waals surface area contributed by atoms with Crippen LogP contribution in [0.5, 0.6) is 0 Å². The van der Waals surface area contributed by atoms with Crippen molar-refractivity contribution in [2.24, 2.45) is 7.05 Å². The van der Waals surface area contributed by atoms with E-state index in [9.17, 15) is 27.2 Å². The molecule has 6 nitrogen and oxygen atoms in total. The minimum absolute atomic E-state index is 0.129. The standard InChI is InChI=1S/C17H17F4N3O3/c1-4-24(16(26)27-5-2)10-6-7-12(18)11(8-10)14-15(25)23(3)13(9-22-14)17(19,20)21/h6-9H,4-5H2,1-3H3. The Hall–Kier alpha value is -2.91. The number of hydrogen-bond donors (Lipinski definition) is 0. The molecule has 0 aliphatic carbocycles. The summed E-state index contributed by atoms with van der Waals surface area (Å²) >= 11 is 0. The molecule has 0 saturated heterocycles. The number of carbonyl (C=O) groups is 1. The molecule has 1 heterocycles. The third-order valence-corrected chi connectivity index (χ3v) is 3.80. The Balaban J connectivity index is 2.59. The highest BCUT2D eigenvalue weighted by atomic mass is 19.4. The average molecular weight is 387 g/mol. The lowest BCUT2D eigenvalue weighted by Gasteiger charge is -2.21. The molecule has 1 aromatic carbocycles. The molecule has 27 heavy (non-hydrogen) atoms. The normalized spacial score (nSPS) is 11.4. The second-order valence-corrected chi connectivity index (χ2v) is 5.46. The van der Waals surface area contributed by atoms with Crippen LogP contribution in [0.3, 0.4) is 0 Å². The first-order chi connectivity index (χ1) is 12.6. The van der Waals surface area contributed by atoms with Crippen LogP contribution in [0.2, 0.25) is 0 Å². The number of benzene rings is 1. The molecule has 1 amide bonds. The van der Waals surface area contributed by atoms with E-state index in [4.69, 9.17) is 4.74 Å². The van der Waals surface area contributed by atoms with Gasteiger partial charge in [-0.15, -0.1) is 0 Å². The van der Waals surface area contributed by atoms with Gasteiger partial charge in [0.05, 0.1) is 12.8 Å². The molecule has 0 aliphatic rings. The lowest BCUT2D eigenvalue weighted by molar-refractivity contribution is -0.144. The Morgan fingerprint density at radius 1 is 1.30 bits per heavy atom. The minimum Gasteiger partial charge on any atom is -0.449 e. The van der Waals surface area contributed by atoms with Gasteiger partial charge in [-0.1, -0.05) is 0 Å². The van der Waals surface area contributed by atoms with Crippen LogP contribution in [0.1, 0.15) is 19.5 Å². The van der Waals surface area contributed by atoms with Crippen molar-refractivity contribution < 1.29 is 27.1 Å². The fraction of sp³-hybridized carbons (Fsp3) is 0.353. The fourth-order valence-electron chi connectivity index (χ4n) is 2.46. The van der Waals surface area contributed by atoms with Crippen molar-refractivity contribution in [3.63, 3.8) is 0 Å². The maximum atomic E-state index is 14.3. The molecule has 1 aromatic heterocycles. The number of carbonyl (C=O) groups excluding carboxylic acids is 1. The smallest absolute Gasteiger partial charge is 0.433 e. The molecule has 0 unspecified atom stereocenters. The number of anilines is 1. The largest absolute Gasteiger partial charge is 0.449 e. The third-order valence-electron chi connectivity index (χ3n) is 3.80. The number of hydrogen-bond acceptors (Lipinski definition) is 4. The monoisotopic (exact) mass is 387 g/mol. The highest BCUT2D eigenvalue weighted by Crippen LogP contribution is 2.29. The lowest BCUT2D eigenvalue weighted by Crippen LogP contribution is -2.31. The van der Waals surface area contributed by atoms with E-state index < -0.39 is 35.0 Å². The van der Waals surface area contributed by atoms with Gasteiger partial charge in [0, 0.05) is 24.8 Å². The molecule has 0 bridgehead atoms. The van der Waals surface area contributed by atoms with Crippen molar-refractivity contribution in [3.8, 4) is 11.3 Å². The van der Waals surface area contributed by atoms with Gasteiger partial charge in [-0.2, -0.15) is 13.2 Å². The van der Waals surface area contributed by atoms with E-state index in [1.165, 1.54) is 17.0 Å². The van der Waals surface area contributed by atoms with E-state index >= 15 is 0 Å². The van der Waals surface area contributed by atoms with E-state index in [1.54, 1.807) is 13.8 Å². The molecule has 0 saturated carbocycles. The van der Waals surface area contributed by atoms with Gasteiger partial charge in [0.1, 0.15) is 17.2 Å². The van der Waals surface area contributed by atoms with Crippen molar-refractivity contribution in [3.05, 3.63) is 46.3 Å². The van der Waals surface area contributed by atoms with Crippen LogP contribution in [0.4, 0.5) is 28.0 Å². The van der Waals surface area contributed by atoms with E-state index in [1.807, 2.05) is 0 Å². The molecule has 146 valence electrons. The van der Waals surface area contributed by atoms with E-state index in [0.717, 1.165) is 13.1 Å². The summed E-state index contributed by atoms with van der Waals surface area (Å²) in [6.07, 6.45) is -4.99. The molecular formula is C17H17F4N3O3. The van der Waals surface area contributed by atoms with Gasteiger partial charge in [0.2, 0.25) is 0 Å². The molecule has 0 spiro atoms. The van der Waals surface area contributed by atoms with Crippen LogP contribution in [0.25, 0.3) is 11.3 Å². The van der Waals surface area contributed by atoms with Gasteiger partial charge in [-0.3, -0.25) is 9.69 Å². The predicted octanol–water partition coefficient (Wildman–Crippen LogP) is 3.59. The maximum Gasteiger partial charge on any atom is 0.433 e. The van der Waals surface area contributed by atoms with Gasteiger partial charge in [-0.25, -0.2) is 14.2 Å². The summed E-state index contributed by atoms with van der Waals surface area (Å²) in [5.41, 5.74) is -2.96. The second-order valence-electron chi connectivity index (χ2n) is 5.46. The first kappa shape index (κ1) is 20.4. The number of nitrogens with zero attached hydrogens (tertiary/aromatic N) is 3. The summed E-state index contributed by atoms with van der Waals surface area (Å²) in [5.74, 6) is -0.858. The van der Waals surface area contributed by atoms with Crippen molar-refractivity contribution in [2.45, 2.75) is 20.0 Å². The average Bonchev–Trinajstić information content (AvgIpc) is 2.58. The summed E-state index contributed by atoms with van der Waals surface area (Å²) < 4.78 is 58.2. The molecule has 0 fully saturated rings. The number of alkyl halides is 3. The second kappa shape index (κ2) is 7.77. The third kappa shape index (κ3) is 4.09. The summed E-state index contributed by atoms with van der Waals surface area (Å²) in [4.78, 5) is 29.0. The molecule has 2 rings (SSSR count). The summed E-state index contributed by atoms with van der Waals surface area (Å²) in [6, 6.07) is 3.48. The Bertz CT molecular complexity index is 909. The highest BCUT2D eigenvalue weighted by Gasteiger charge is 2.35. The Labute approximate surface area is 152 Å². The minimum atomic E-state index is -4.78. The Morgan fingerprint density at radius 3 is 2.52 bits per heavy atom. The van der Waals surface area contributed by atoms with E-state index in [0.29, 0.717) is 10.8 Å². The van der Waals surface area contributed by atoms with Crippen molar-refractivity contribution >= 4 is 11.8 Å². The topological polar surface area (TPSA) is 64.4 Å². The van der Waals surface area contributed by atoms with Gasteiger partial charge < -0.3 is 9.30 Å². The van der Waals surface area contributed by atoms with Crippen LogP contribution < -0.4 is 10.5 Å². The van der Waals surface area contributed by atoms with Gasteiger partial charge >= 0.3 is 12.3 Å². The number of aromatic nitrogens is 2. The quantitative estimate of drug-likeness (QED) is 0.753. The van der Waals surface area contributed by atoms with Gasteiger partial charge in [0.25, 0.3) is 5.56 Å². The molecule has 10 heteroatoms. The molecule has 0 atom stereocenters. The van der Waals surface area contributed by atoms with Crippen LogP contribution in [-0.2, 0) is 18.0 Å². The summed E-state index contributed by atoms with van der Waals surface area (Å²) in [7, 11) is 0.926. The van der Waals surface area contributed by atoms with Crippen molar-refractivity contribution in [2.75, 3.05) is 18.1 Å². The Morgan fingerprint density at radius 2 is 1.96 bits per heavy atom. The number of rotatable bonds is 4. The number of amides is 1. The van der Waals surface area contributed by atoms with E-state index in [2.05, 4.69) is 4.98 Å². The van der Waals surface area contributed by atoms with Crippen molar-refractivity contribution in [1.82, 2.24) is 9.55 Å². The zero-order chi connectivity index (χ0) is 20.4. The zero-order valence-electron chi connectivity index (χ0n) is 14.8. The fourth-order valence-corrected chi connectivity index (χ4v) is 2.46. The van der Waals surface area contributed by atoms with Crippen LogP contribution in [0, 0.1) is 5.82 Å². The number of halogens is 4. The van der Waals surface area contributed by atoms with E-state index in [-0.39, 0.29) is 24.4 Å². The Kier molecular flexibility index (Phi) is 5.87. The van der Waals surface area contributed by atoms with Gasteiger partial charge in [0.15, 0.2) is 0 Å². The van der Waals surface area contributed by atoms with Crippen LogP contribution >= 0.6 is 0 Å². The first-order valence-electron chi connectivity index (χ1n) is 7.99. The molecule has 0 aliphatic heterocycles. The summed E-state index contributed by atoms with van der Waals surface area (Å²) in [6.45, 7) is 3.61. The first-order valence-corrected chi connectivity index (χ1v) is 7.99. The molecular weight excluding hydrogens is 370 g/mol. The lowest BCUT2D eigenvalue weighted by atomic mass is 10.1. The number of ether oxygens (including phenoxy) is 1. The zero-order valence-corrected chi connectivity index (χ0v) is 14.8. The van der Waals surface area contributed by atoms with Crippen LogP contribution in [0.15, 0.2) is 29.2 Å². The van der Waals surface area contributed by atoms with Crippen LogP contribution in [-0.4, -0.2) is 28.8 Å². The van der Waals surface area contributed by atoms with Crippen molar-refractivity contribution in [1.29, 1.82) is 0 Å². The maximum absolute atomic E-state index is 14.3. The SMILES string of the molecule is CCOC(=O)N(CC)c1ccc(F)c(-c2ncc(C(F)(F)F)n(C)c2=O)c1. The summed E-state index contributed by atoms with van der Waals surface area (Å²) in [5, 5.41) is 0. The highest BCUT2D eigenvalue weighted by molar-refractivity contribution is 5.88. The van der Waals surface area contributed by atoms with Gasteiger partial charge in [-0.05, 0) is 32.0 Å². The predicted molar refractivity (Wildman–Crippen MR) is 89.9 cm³/mol. The molecule has 0 radical (unpaired) electrons. The molecule has 0 N–H and O–H groups in total.